The Bertz CT molecular complexity index is 194. The van der Waals surface area contributed by atoms with Crippen molar-refractivity contribution in [1.82, 2.24) is 0 Å². The van der Waals surface area contributed by atoms with Gasteiger partial charge in [-0.3, -0.25) is 13.6 Å². The first-order valence-electron chi connectivity index (χ1n) is 7.76. The summed E-state index contributed by atoms with van der Waals surface area (Å²) in [4.78, 5) is 0. The first kappa shape index (κ1) is 20.1. The van der Waals surface area contributed by atoms with Gasteiger partial charge in [0.2, 0.25) is 0 Å². The lowest BCUT2D eigenvalue weighted by Crippen LogP contribution is -2.01. The molecule has 0 heterocycles. The zero-order valence-electron chi connectivity index (χ0n) is 13.0. The molecule has 0 aliphatic rings. The summed E-state index contributed by atoms with van der Waals surface area (Å²) < 4.78 is 31.5. The lowest BCUT2D eigenvalue weighted by Gasteiger charge is -2.07. The van der Waals surface area contributed by atoms with Gasteiger partial charge in [-0.2, -0.15) is 0 Å². The molecule has 0 aromatic heterocycles. The van der Waals surface area contributed by atoms with Gasteiger partial charge in [0.1, 0.15) is 0 Å². The van der Waals surface area contributed by atoms with E-state index in [4.69, 9.17) is 18.5 Å². The summed E-state index contributed by atoms with van der Waals surface area (Å²) in [5.74, 6) is 0. The number of hydrogen-bond acceptors (Lipinski definition) is 5. The fourth-order valence-electron chi connectivity index (χ4n) is 1.60. The molecule has 0 saturated heterocycles. The van der Waals surface area contributed by atoms with Crippen LogP contribution >= 0.6 is 8.25 Å². The molecule has 0 aromatic carbocycles. The molecule has 0 saturated carbocycles. The van der Waals surface area contributed by atoms with Crippen LogP contribution in [0.1, 0.15) is 65.2 Å². The van der Waals surface area contributed by atoms with Crippen LogP contribution in [0.3, 0.4) is 0 Å². The van der Waals surface area contributed by atoms with Gasteiger partial charge in [0, 0.05) is 13.2 Å². The summed E-state index contributed by atoms with van der Waals surface area (Å²) in [6.07, 6.45) is 9.20. The van der Waals surface area contributed by atoms with E-state index >= 15 is 0 Å². The molecule has 5 nitrogen and oxygen atoms in total. The van der Waals surface area contributed by atoms with Crippen LogP contribution in [0.4, 0.5) is 0 Å². The first-order valence-corrected chi connectivity index (χ1v) is 8.98. The molecule has 0 radical (unpaired) electrons. The molecule has 122 valence electrons. The lowest BCUT2D eigenvalue weighted by atomic mass is 10.2. The van der Waals surface area contributed by atoms with Gasteiger partial charge in [-0.15, -0.1) is 0 Å². The zero-order chi connectivity index (χ0) is 14.9. The molecule has 0 N–H and O–H groups in total. The van der Waals surface area contributed by atoms with Crippen molar-refractivity contribution in [3.63, 3.8) is 0 Å². The SMILES string of the molecule is CCCCCCOCO[PH](=O)OCOCCCCCC. The fraction of sp³-hybridized carbons (Fsp3) is 1.00. The lowest BCUT2D eigenvalue weighted by molar-refractivity contribution is -0.0192. The maximum absolute atomic E-state index is 11.3. The maximum Gasteiger partial charge on any atom is 0.323 e. The Balaban J connectivity index is 3.13. The van der Waals surface area contributed by atoms with Crippen molar-refractivity contribution in [3.05, 3.63) is 0 Å². The predicted molar refractivity (Wildman–Crippen MR) is 81.1 cm³/mol. The van der Waals surface area contributed by atoms with Crippen LogP contribution in [-0.4, -0.2) is 26.8 Å². The molecule has 0 rings (SSSR count). The number of hydrogen-bond donors (Lipinski definition) is 0. The quantitative estimate of drug-likeness (QED) is 0.238. The number of unbranched alkanes of at least 4 members (excludes halogenated alkanes) is 6. The van der Waals surface area contributed by atoms with Crippen LogP contribution in [0.25, 0.3) is 0 Å². The highest BCUT2D eigenvalue weighted by molar-refractivity contribution is 7.33. The van der Waals surface area contributed by atoms with Crippen molar-refractivity contribution in [2.75, 3.05) is 26.8 Å². The average Bonchev–Trinajstić information content (AvgIpc) is 2.45. The topological polar surface area (TPSA) is 54.0 Å². The fourth-order valence-corrected chi connectivity index (χ4v) is 2.04. The monoisotopic (exact) mass is 310 g/mol. The van der Waals surface area contributed by atoms with Gasteiger partial charge >= 0.3 is 8.25 Å². The summed E-state index contributed by atoms with van der Waals surface area (Å²) in [5, 5.41) is 0. The molecule has 0 aliphatic heterocycles. The Morgan fingerprint density at radius 2 is 1.15 bits per heavy atom. The largest absolute Gasteiger partial charge is 0.355 e. The predicted octanol–water partition coefficient (Wildman–Crippen LogP) is 4.52. The second kappa shape index (κ2) is 17.1. The van der Waals surface area contributed by atoms with Crippen molar-refractivity contribution in [3.8, 4) is 0 Å². The Hall–Kier alpha value is 0.0700. The highest BCUT2D eigenvalue weighted by Crippen LogP contribution is 2.23. The van der Waals surface area contributed by atoms with E-state index in [-0.39, 0.29) is 13.6 Å². The second-order valence-electron chi connectivity index (χ2n) is 4.71. The smallest absolute Gasteiger partial charge is 0.323 e. The third kappa shape index (κ3) is 16.1. The number of ether oxygens (including phenoxy) is 2. The van der Waals surface area contributed by atoms with Crippen LogP contribution < -0.4 is 0 Å². The highest BCUT2D eigenvalue weighted by Gasteiger charge is 1.99. The minimum absolute atomic E-state index is 0.0282. The molecule has 20 heavy (non-hydrogen) atoms. The molecule has 0 aliphatic carbocycles. The molecular weight excluding hydrogens is 279 g/mol. The summed E-state index contributed by atoms with van der Waals surface area (Å²) in [6.45, 7) is 5.67. The molecule has 0 spiro atoms. The molecule has 0 unspecified atom stereocenters. The molecule has 0 aromatic rings. The van der Waals surface area contributed by atoms with Crippen molar-refractivity contribution in [1.29, 1.82) is 0 Å². The molecular formula is C14H31O5P. The molecule has 0 amide bonds. The van der Waals surface area contributed by atoms with Gasteiger partial charge < -0.3 is 9.47 Å². The third-order valence-electron chi connectivity index (χ3n) is 2.80. The normalized spacial score (nSPS) is 11.3. The standard InChI is InChI=1S/C14H31O5P/c1-3-5-7-9-11-16-13-18-20(15)19-14-17-12-10-8-6-4-2/h20H,3-14H2,1-2H3. The van der Waals surface area contributed by atoms with E-state index in [0.29, 0.717) is 13.2 Å². The van der Waals surface area contributed by atoms with E-state index in [1.807, 2.05) is 0 Å². The van der Waals surface area contributed by atoms with Crippen LogP contribution in [0.5, 0.6) is 0 Å². The molecule has 0 bridgehead atoms. The van der Waals surface area contributed by atoms with E-state index in [9.17, 15) is 4.57 Å². The maximum atomic E-state index is 11.3. The molecule has 0 atom stereocenters. The zero-order valence-corrected chi connectivity index (χ0v) is 14.0. The first-order chi connectivity index (χ1) is 9.81. The minimum atomic E-state index is -2.48. The summed E-state index contributed by atoms with van der Waals surface area (Å²) >= 11 is 0. The van der Waals surface area contributed by atoms with E-state index in [0.717, 1.165) is 25.7 Å². The van der Waals surface area contributed by atoms with Crippen LogP contribution in [0.2, 0.25) is 0 Å². The highest BCUT2D eigenvalue weighted by atomic mass is 31.1. The van der Waals surface area contributed by atoms with Crippen molar-refractivity contribution >= 4 is 8.25 Å². The van der Waals surface area contributed by atoms with E-state index in [1.165, 1.54) is 25.7 Å². The molecule has 6 heteroatoms. The third-order valence-corrected chi connectivity index (χ3v) is 3.51. The van der Waals surface area contributed by atoms with Crippen LogP contribution in [-0.2, 0) is 23.1 Å². The molecule has 0 fully saturated rings. The van der Waals surface area contributed by atoms with Crippen molar-refractivity contribution in [2.24, 2.45) is 0 Å². The Kier molecular flexibility index (Phi) is 17.2. The van der Waals surface area contributed by atoms with Crippen molar-refractivity contribution < 1.29 is 23.1 Å². The summed E-state index contributed by atoms with van der Waals surface area (Å²) in [7, 11) is -2.48. The van der Waals surface area contributed by atoms with E-state index in [2.05, 4.69) is 13.8 Å². The van der Waals surface area contributed by atoms with Gasteiger partial charge in [0.05, 0.1) is 0 Å². The number of rotatable bonds is 16. The van der Waals surface area contributed by atoms with Crippen LogP contribution in [0, 0.1) is 0 Å². The second-order valence-corrected chi connectivity index (χ2v) is 5.79. The van der Waals surface area contributed by atoms with Crippen LogP contribution in [0.15, 0.2) is 0 Å². The van der Waals surface area contributed by atoms with Gasteiger partial charge in [0.25, 0.3) is 0 Å². The van der Waals surface area contributed by atoms with E-state index in [1.54, 1.807) is 0 Å². The summed E-state index contributed by atoms with van der Waals surface area (Å²) in [5.41, 5.74) is 0. The van der Waals surface area contributed by atoms with Gasteiger partial charge in [-0.1, -0.05) is 52.4 Å². The Morgan fingerprint density at radius 1 is 0.700 bits per heavy atom. The van der Waals surface area contributed by atoms with Gasteiger partial charge in [-0.25, -0.2) is 0 Å². The minimum Gasteiger partial charge on any atom is -0.355 e. The summed E-state index contributed by atoms with van der Waals surface area (Å²) in [6, 6.07) is 0. The average molecular weight is 310 g/mol. The van der Waals surface area contributed by atoms with E-state index < -0.39 is 8.25 Å². The van der Waals surface area contributed by atoms with Gasteiger partial charge in [0.15, 0.2) is 13.6 Å². The Morgan fingerprint density at radius 3 is 1.55 bits per heavy atom. The van der Waals surface area contributed by atoms with Crippen molar-refractivity contribution in [2.45, 2.75) is 65.2 Å². The Labute approximate surface area is 124 Å². The van der Waals surface area contributed by atoms with Gasteiger partial charge in [-0.05, 0) is 12.8 Å².